The van der Waals surface area contributed by atoms with E-state index in [4.69, 9.17) is 4.74 Å². The van der Waals surface area contributed by atoms with Gasteiger partial charge < -0.3 is 9.47 Å². The molecule has 0 N–H and O–H groups in total. The van der Waals surface area contributed by atoms with Crippen LogP contribution in [0.5, 0.6) is 5.75 Å². The molecule has 0 spiro atoms. The molecule has 2 rings (SSSR count). The van der Waals surface area contributed by atoms with Crippen LogP contribution in [0.1, 0.15) is 26.3 Å². The molecule has 7 heteroatoms. The Labute approximate surface area is 144 Å². The van der Waals surface area contributed by atoms with Gasteiger partial charge in [0, 0.05) is 12.6 Å². The number of hydrogen-bond donors (Lipinski definition) is 0. The smallest absolute Gasteiger partial charge is 0.337 e. The number of benzene rings is 2. The molecule has 2 aromatic rings. The van der Waals surface area contributed by atoms with E-state index in [2.05, 4.69) is 9.84 Å². The summed E-state index contributed by atoms with van der Waals surface area (Å²) in [6.07, 6.45) is 1.20. The van der Waals surface area contributed by atoms with Gasteiger partial charge in [-0.05, 0) is 30.3 Å². The van der Waals surface area contributed by atoms with Crippen LogP contribution in [-0.2, 0) is 4.74 Å². The number of para-hydroxylation sites is 1. The van der Waals surface area contributed by atoms with Crippen LogP contribution in [0.15, 0.2) is 47.6 Å². The number of hydrazone groups is 1. The largest absolute Gasteiger partial charge is 0.496 e. The van der Waals surface area contributed by atoms with Crippen LogP contribution in [0.25, 0.3) is 0 Å². The number of ether oxygens (including phenoxy) is 2. The number of rotatable bonds is 5. The zero-order chi connectivity index (χ0) is 18.4. The maximum absolute atomic E-state index is 14.0. The van der Waals surface area contributed by atoms with E-state index in [1.165, 1.54) is 39.6 Å². The Balaban J connectivity index is 2.18. The first-order chi connectivity index (χ1) is 12.0. The van der Waals surface area contributed by atoms with Gasteiger partial charge in [0.25, 0.3) is 5.91 Å². The van der Waals surface area contributed by atoms with Crippen molar-refractivity contribution in [1.29, 1.82) is 0 Å². The summed E-state index contributed by atoms with van der Waals surface area (Å²) in [4.78, 5) is 23.8. The minimum Gasteiger partial charge on any atom is -0.496 e. The number of carbonyl (C=O) groups excluding carboxylic acids is 2. The summed E-state index contributed by atoms with van der Waals surface area (Å²) in [6, 6.07) is 10.6. The number of esters is 1. The Bertz CT molecular complexity index is 820. The van der Waals surface area contributed by atoms with Gasteiger partial charge in [-0.2, -0.15) is 5.10 Å². The lowest BCUT2D eigenvalue weighted by Crippen LogP contribution is -2.22. The van der Waals surface area contributed by atoms with Gasteiger partial charge >= 0.3 is 5.97 Å². The van der Waals surface area contributed by atoms with Crippen LogP contribution in [0.3, 0.4) is 0 Å². The molecule has 0 atom stereocenters. The van der Waals surface area contributed by atoms with Crippen molar-refractivity contribution < 1.29 is 23.5 Å². The lowest BCUT2D eigenvalue weighted by atomic mass is 10.1. The normalized spacial score (nSPS) is 10.6. The molecule has 6 nitrogen and oxygen atoms in total. The summed E-state index contributed by atoms with van der Waals surface area (Å²) in [6.45, 7) is 0. The zero-order valence-corrected chi connectivity index (χ0v) is 14.0. The highest BCUT2D eigenvalue weighted by atomic mass is 19.1. The second-order valence-corrected chi connectivity index (χ2v) is 5.00. The molecule has 130 valence electrons. The highest BCUT2D eigenvalue weighted by molar-refractivity contribution is 5.97. The maximum atomic E-state index is 14.0. The van der Waals surface area contributed by atoms with Crippen molar-refractivity contribution in [1.82, 2.24) is 5.01 Å². The number of carbonyl (C=O) groups is 2. The molecule has 0 aliphatic heterocycles. The van der Waals surface area contributed by atoms with Crippen LogP contribution < -0.4 is 4.74 Å². The Morgan fingerprint density at radius 1 is 1.16 bits per heavy atom. The van der Waals surface area contributed by atoms with Gasteiger partial charge in [-0.15, -0.1) is 0 Å². The van der Waals surface area contributed by atoms with Gasteiger partial charge in [-0.3, -0.25) is 4.79 Å². The van der Waals surface area contributed by atoms with Gasteiger partial charge in [0.05, 0.1) is 31.6 Å². The Hall–Kier alpha value is -3.22. The fraction of sp³-hybridized carbons (Fsp3) is 0.167. The summed E-state index contributed by atoms with van der Waals surface area (Å²) in [5.41, 5.74) is 0.564. The number of amides is 1. The van der Waals surface area contributed by atoms with E-state index in [0.717, 1.165) is 11.1 Å². The van der Waals surface area contributed by atoms with Gasteiger partial charge in [-0.25, -0.2) is 14.2 Å². The summed E-state index contributed by atoms with van der Waals surface area (Å²) in [7, 11) is 4.13. The van der Waals surface area contributed by atoms with Crippen molar-refractivity contribution >= 4 is 18.1 Å². The Morgan fingerprint density at radius 2 is 1.88 bits per heavy atom. The fourth-order valence-corrected chi connectivity index (χ4v) is 2.07. The van der Waals surface area contributed by atoms with Gasteiger partial charge in [0.15, 0.2) is 0 Å². The quantitative estimate of drug-likeness (QED) is 0.475. The van der Waals surface area contributed by atoms with E-state index in [1.807, 2.05) is 0 Å². The molecule has 0 aliphatic rings. The van der Waals surface area contributed by atoms with Crippen LogP contribution in [0.4, 0.5) is 4.39 Å². The third kappa shape index (κ3) is 4.20. The SMILES string of the molecule is COC(=O)c1ccc(/C=N/N(C)C(=O)c2ccccc2OC)c(F)c1. The first-order valence-electron chi connectivity index (χ1n) is 7.31. The molecule has 0 saturated heterocycles. The molecule has 0 aromatic heterocycles. The number of methoxy groups -OCH3 is 2. The first kappa shape index (κ1) is 18.1. The molecule has 0 aliphatic carbocycles. The van der Waals surface area contributed by atoms with Gasteiger partial charge in [0.1, 0.15) is 11.6 Å². The predicted molar refractivity (Wildman–Crippen MR) is 90.4 cm³/mol. The van der Waals surface area contributed by atoms with Crippen molar-refractivity contribution in [2.45, 2.75) is 0 Å². The molecule has 0 bridgehead atoms. The predicted octanol–water partition coefficient (Wildman–Crippen LogP) is 2.73. The number of hydrogen-bond acceptors (Lipinski definition) is 5. The average Bonchev–Trinajstić information content (AvgIpc) is 2.65. The Kier molecular flexibility index (Phi) is 5.84. The number of nitrogens with zero attached hydrogens (tertiary/aromatic N) is 2. The zero-order valence-electron chi connectivity index (χ0n) is 14.0. The highest BCUT2D eigenvalue weighted by Crippen LogP contribution is 2.19. The summed E-state index contributed by atoms with van der Waals surface area (Å²) < 4.78 is 23.7. The molecule has 0 heterocycles. The minimum absolute atomic E-state index is 0.0932. The van der Waals surface area contributed by atoms with Crippen LogP contribution in [0.2, 0.25) is 0 Å². The van der Waals surface area contributed by atoms with Crippen molar-refractivity contribution in [3.63, 3.8) is 0 Å². The molecule has 0 saturated carbocycles. The fourth-order valence-electron chi connectivity index (χ4n) is 2.07. The van der Waals surface area contributed by atoms with E-state index in [-0.39, 0.29) is 11.1 Å². The van der Waals surface area contributed by atoms with E-state index < -0.39 is 17.7 Å². The third-order valence-corrected chi connectivity index (χ3v) is 3.42. The van der Waals surface area contributed by atoms with E-state index >= 15 is 0 Å². The minimum atomic E-state index is -0.648. The van der Waals surface area contributed by atoms with E-state index in [1.54, 1.807) is 24.3 Å². The molecule has 0 radical (unpaired) electrons. The number of halogens is 1. The monoisotopic (exact) mass is 344 g/mol. The van der Waals surface area contributed by atoms with Crippen molar-refractivity contribution in [2.24, 2.45) is 5.10 Å². The lowest BCUT2D eigenvalue weighted by molar-refractivity contribution is 0.0600. The third-order valence-electron chi connectivity index (χ3n) is 3.42. The summed E-state index contributed by atoms with van der Waals surface area (Å²) >= 11 is 0. The second-order valence-electron chi connectivity index (χ2n) is 5.00. The summed E-state index contributed by atoms with van der Waals surface area (Å²) in [5, 5.41) is 5.02. The average molecular weight is 344 g/mol. The Morgan fingerprint density at radius 3 is 2.52 bits per heavy atom. The molecular formula is C18H17FN2O4. The van der Waals surface area contributed by atoms with E-state index in [0.29, 0.717) is 11.3 Å². The molecule has 1 amide bonds. The van der Waals surface area contributed by atoms with Gasteiger partial charge in [0.2, 0.25) is 0 Å². The molecule has 2 aromatic carbocycles. The topological polar surface area (TPSA) is 68.2 Å². The van der Waals surface area contributed by atoms with Crippen molar-refractivity contribution in [3.8, 4) is 5.75 Å². The van der Waals surface area contributed by atoms with E-state index in [9.17, 15) is 14.0 Å². The van der Waals surface area contributed by atoms with Crippen LogP contribution >= 0.6 is 0 Å². The second kappa shape index (κ2) is 8.05. The van der Waals surface area contributed by atoms with Crippen molar-refractivity contribution in [3.05, 3.63) is 65.0 Å². The van der Waals surface area contributed by atoms with Gasteiger partial charge in [-0.1, -0.05) is 12.1 Å². The van der Waals surface area contributed by atoms with Crippen LogP contribution in [0, 0.1) is 5.82 Å². The van der Waals surface area contributed by atoms with Crippen molar-refractivity contribution in [2.75, 3.05) is 21.3 Å². The maximum Gasteiger partial charge on any atom is 0.337 e. The standard InChI is InChI=1S/C18H17FN2O4/c1-21(17(22)14-6-4-5-7-16(14)24-2)20-11-13-9-8-12(10-15(13)19)18(23)25-3/h4-11H,1-3H3/b20-11+. The highest BCUT2D eigenvalue weighted by Gasteiger charge is 2.15. The molecule has 0 fully saturated rings. The van der Waals surface area contributed by atoms with Crippen LogP contribution in [-0.4, -0.2) is 44.4 Å². The summed E-state index contributed by atoms with van der Waals surface area (Å²) in [5.74, 6) is -1.26. The first-order valence-corrected chi connectivity index (χ1v) is 7.31. The molecule has 25 heavy (non-hydrogen) atoms. The lowest BCUT2D eigenvalue weighted by Gasteiger charge is -2.13. The molecule has 0 unspecified atom stereocenters. The molecular weight excluding hydrogens is 327 g/mol.